The van der Waals surface area contributed by atoms with Crippen LogP contribution >= 0.6 is 0 Å². The van der Waals surface area contributed by atoms with E-state index in [1.165, 1.54) is 0 Å². The zero-order chi connectivity index (χ0) is 48.2. The molecule has 0 amide bonds. The second kappa shape index (κ2) is 15.3. The van der Waals surface area contributed by atoms with Gasteiger partial charge in [-0.2, -0.15) is 79.0 Å². The number of rotatable bonds is 5. The average molecular weight is 943 g/mol. The van der Waals surface area contributed by atoms with Gasteiger partial charge in [-0.1, -0.05) is 78.9 Å². The van der Waals surface area contributed by atoms with E-state index in [-0.39, 0.29) is 5.56 Å². The van der Waals surface area contributed by atoms with Gasteiger partial charge in [-0.3, -0.25) is 0 Å². The van der Waals surface area contributed by atoms with Crippen LogP contribution in [0.5, 0.6) is 0 Å². The van der Waals surface area contributed by atoms with E-state index in [9.17, 15) is 79.0 Å². The van der Waals surface area contributed by atoms with Gasteiger partial charge in [-0.15, -0.1) is 0 Å². The highest BCUT2D eigenvalue weighted by atomic mass is 19.4. The molecule has 0 unspecified atom stereocenters. The van der Waals surface area contributed by atoms with Crippen molar-refractivity contribution in [3.63, 3.8) is 0 Å². The Morgan fingerprint density at radius 3 is 1.15 bits per heavy atom. The Kier molecular flexibility index (Phi) is 10.7. The predicted octanol–water partition coefficient (Wildman–Crippen LogP) is 16.4. The smallest absolute Gasteiger partial charge is 0.166 e. The molecule has 0 saturated carbocycles. The van der Waals surface area contributed by atoms with E-state index in [2.05, 4.69) is 0 Å². The summed E-state index contributed by atoms with van der Waals surface area (Å²) >= 11 is 0. The van der Waals surface area contributed by atoms with Crippen molar-refractivity contribution in [1.29, 1.82) is 0 Å². The molecule has 6 aromatic rings. The van der Waals surface area contributed by atoms with Gasteiger partial charge < -0.3 is 0 Å². The molecule has 0 nitrogen and oxygen atoms in total. The predicted molar refractivity (Wildman–Crippen MR) is 206 cm³/mol. The van der Waals surface area contributed by atoms with Gasteiger partial charge in [0, 0.05) is 5.92 Å². The zero-order valence-corrected chi connectivity index (χ0v) is 32.7. The van der Waals surface area contributed by atoms with E-state index in [1.807, 2.05) is 0 Å². The standard InChI is InChI=1S/C48H24F18/c49-43(50,51)29-11-1-6-24(18-29)37-38(25-7-2-12-30(19-25)44(52,53)54)41-36-23-34(48(64,65)66)16-17-35(36)39(26-8-3-13-31(20-26)45(55,56)57)42(41,28-10-5-15-33(22-28)47(61,62)63)40(37)27-9-4-14-32(21-27)46(58,59)60/h1-23,39H/t39-,42+/m1/s1. The normalized spacial score (nSPS) is 18.2. The van der Waals surface area contributed by atoms with Crippen molar-refractivity contribution >= 4 is 22.3 Å². The van der Waals surface area contributed by atoms with Crippen LogP contribution in [0.15, 0.2) is 140 Å². The molecule has 6 aromatic carbocycles. The lowest BCUT2D eigenvalue weighted by molar-refractivity contribution is -0.138. The van der Waals surface area contributed by atoms with Crippen molar-refractivity contribution in [2.75, 3.05) is 0 Å². The van der Waals surface area contributed by atoms with Crippen molar-refractivity contribution in [1.82, 2.24) is 0 Å². The van der Waals surface area contributed by atoms with Gasteiger partial charge in [-0.25, -0.2) is 0 Å². The lowest BCUT2D eigenvalue weighted by atomic mass is 9.61. The summed E-state index contributed by atoms with van der Waals surface area (Å²) in [5.41, 5.74) is -18.2. The van der Waals surface area contributed by atoms with Gasteiger partial charge in [0.15, 0.2) is 0 Å². The first kappa shape index (κ1) is 46.1. The first-order valence-corrected chi connectivity index (χ1v) is 19.1. The van der Waals surface area contributed by atoms with E-state index in [0.717, 1.165) is 66.7 Å². The van der Waals surface area contributed by atoms with Crippen LogP contribution in [0.1, 0.15) is 78.2 Å². The summed E-state index contributed by atoms with van der Waals surface area (Å²) in [6, 6.07) is 15.8. The molecule has 0 heterocycles. The molecule has 0 N–H and O–H groups in total. The Labute approximate surface area is 361 Å². The molecule has 0 saturated heterocycles. The van der Waals surface area contributed by atoms with Crippen LogP contribution in [-0.2, 0) is 42.5 Å². The van der Waals surface area contributed by atoms with Crippen molar-refractivity contribution in [3.8, 4) is 0 Å². The van der Waals surface area contributed by atoms with E-state index < -0.39 is 137 Å². The SMILES string of the molecule is FC(F)(F)c1cccc(C2=C(c3cccc(C(F)(F)F)c3)[C@@]3(c4cccc(C(F)(F)F)c4)C(=C2c2cccc(C(F)(F)F)c2)c2cc(C(F)(F)F)ccc2[C@H]3c2cccc(C(F)(F)F)c2)c1. The van der Waals surface area contributed by atoms with Crippen molar-refractivity contribution in [2.24, 2.45) is 0 Å². The number of hydrogen-bond donors (Lipinski definition) is 0. The molecule has 0 aromatic heterocycles. The Bertz CT molecular complexity index is 2890. The summed E-state index contributed by atoms with van der Waals surface area (Å²) in [7, 11) is 0. The van der Waals surface area contributed by atoms with Crippen molar-refractivity contribution in [3.05, 3.63) is 212 Å². The molecule has 0 fully saturated rings. The van der Waals surface area contributed by atoms with Gasteiger partial charge in [0.05, 0.1) is 38.8 Å². The van der Waals surface area contributed by atoms with Crippen molar-refractivity contribution < 1.29 is 79.0 Å². The van der Waals surface area contributed by atoms with E-state index in [0.29, 0.717) is 72.8 Å². The van der Waals surface area contributed by atoms with E-state index in [1.54, 1.807) is 0 Å². The molecule has 18 heteroatoms. The zero-order valence-electron chi connectivity index (χ0n) is 32.7. The monoisotopic (exact) mass is 942 g/mol. The number of alkyl halides is 18. The number of benzene rings is 6. The van der Waals surface area contributed by atoms with E-state index in [4.69, 9.17) is 0 Å². The Morgan fingerprint density at radius 2 is 0.682 bits per heavy atom. The number of fused-ring (bicyclic) bond motifs is 3. The van der Waals surface area contributed by atoms with Crippen molar-refractivity contribution in [2.45, 2.75) is 48.4 Å². The summed E-state index contributed by atoms with van der Waals surface area (Å²) in [5.74, 6) is -2.00. The summed E-state index contributed by atoms with van der Waals surface area (Å²) in [4.78, 5) is 0. The maximum absolute atomic E-state index is 14.8. The molecule has 2 aliphatic carbocycles. The van der Waals surface area contributed by atoms with Crippen LogP contribution in [0.25, 0.3) is 22.3 Å². The van der Waals surface area contributed by atoms with E-state index >= 15 is 0 Å². The Hall–Kier alpha value is -6.46. The molecular formula is C48H24F18. The number of halogens is 18. The van der Waals surface area contributed by atoms with Crippen LogP contribution in [0.2, 0.25) is 0 Å². The van der Waals surface area contributed by atoms with Crippen LogP contribution in [0, 0.1) is 0 Å². The average Bonchev–Trinajstić information content (AvgIpc) is 3.70. The largest absolute Gasteiger partial charge is 0.416 e. The molecule has 0 bridgehead atoms. The third-order valence-electron chi connectivity index (χ3n) is 11.6. The third kappa shape index (κ3) is 7.91. The van der Waals surface area contributed by atoms with Gasteiger partial charge in [-0.05, 0) is 122 Å². The number of allylic oxidation sites excluding steroid dienone is 4. The molecule has 2 aliphatic rings. The highest BCUT2D eigenvalue weighted by Gasteiger charge is 2.61. The molecular weight excluding hydrogens is 918 g/mol. The minimum absolute atomic E-state index is 0.369. The fourth-order valence-corrected chi connectivity index (χ4v) is 9.06. The summed E-state index contributed by atoms with van der Waals surface area (Å²) in [6.45, 7) is 0. The van der Waals surface area contributed by atoms with Crippen LogP contribution in [0.3, 0.4) is 0 Å². The van der Waals surface area contributed by atoms with Gasteiger partial charge >= 0.3 is 37.1 Å². The van der Waals surface area contributed by atoms with Gasteiger partial charge in [0.25, 0.3) is 0 Å². The van der Waals surface area contributed by atoms with Crippen LogP contribution < -0.4 is 0 Å². The summed E-state index contributed by atoms with van der Waals surface area (Å²) < 4.78 is 264. The highest BCUT2D eigenvalue weighted by molar-refractivity contribution is 6.33. The molecule has 342 valence electrons. The molecule has 0 radical (unpaired) electrons. The van der Waals surface area contributed by atoms with Gasteiger partial charge in [0.1, 0.15) is 0 Å². The molecule has 8 rings (SSSR count). The fourth-order valence-electron chi connectivity index (χ4n) is 9.06. The third-order valence-corrected chi connectivity index (χ3v) is 11.6. The number of hydrogen-bond acceptors (Lipinski definition) is 0. The lowest BCUT2D eigenvalue weighted by Gasteiger charge is -2.40. The minimum atomic E-state index is -5.26. The quantitative estimate of drug-likeness (QED) is 0.151. The minimum Gasteiger partial charge on any atom is -0.166 e. The second-order valence-corrected chi connectivity index (χ2v) is 15.5. The summed E-state index contributed by atoms with van der Waals surface area (Å²) in [5, 5.41) is 0. The molecule has 66 heavy (non-hydrogen) atoms. The maximum atomic E-state index is 14.8. The molecule has 0 aliphatic heterocycles. The van der Waals surface area contributed by atoms with Crippen LogP contribution in [-0.4, -0.2) is 0 Å². The fraction of sp³-hybridized carbons (Fsp3) is 0.167. The van der Waals surface area contributed by atoms with Crippen LogP contribution in [0.4, 0.5) is 79.0 Å². The first-order chi connectivity index (χ1) is 30.5. The topological polar surface area (TPSA) is 0 Å². The second-order valence-electron chi connectivity index (χ2n) is 15.5. The Balaban J connectivity index is 1.72. The maximum Gasteiger partial charge on any atom is 0.416 e. The first-order valence-electron chi connectivity index (χ1n) is 19.1. The van der Waals surface area contributed by atoms with Gasteiger partial charge in [0.2, 0.25) is 0 Å². The summed E-state index contributed by atoms with van der Waals surface area (Å²) in [6.07, 6.45) is -31.3. The lowest BCUT2D eigenvalue weighted by Crippen LogP contribution is -2.32. The highest BCUT2D eigenvalue weighted by Crippen LogP contribution is 2.73. The molecule has 0 spiro atoms. The Morgan fingerprint density at radius 1 is 0.318 bits per heavy atom. The molecule has 2 atom stereocenters.